The lowest BCUT2D eigenvalue weighted by Gasteiger charge is -2.07. The average molecular weight is 195 g/mol. The second kappa shape index (κ2) is 3.50. The van der Waals surface area contributed by atoms with E-state index in [-0.39, 0.29) is 0 Å². The number of hydrogen-bond acceptors (Lipinski definition) is 3. The van der Waals surface area contributed by atoms with Crippen molar-refractivity contribution in [2.24, 2.45) is 0 Å². The van der Waals surface area contributed by atoms with Gasteiger partial charge >= 0.3 is 0 Å². The van der Waals surface area contributed by atoms with Crippen molar-refractivity contribution in [1.82, 2.24) is 0 Å². The van der Waals surface area contributed by atoms with Crippen LogP contribution in [0.15, 0.2) is 23.1 Å². The topological polar surface area (TPSA) is 35.2 Å². The molecule has 0 aliphatic heterocycles. The molecular formula is C10H13NOS. The zero-order valence-corrected chi connectivity index (χ0v) is 8.43. The highest BCUT2D eigenvalue weighted by Crippen LogP contribution is 2.43. The first-order valence-corrected chi connectivity index (χ1v) is 5.28. The van der Waals surface area contributed by atoms with E-state index in [1.54, 1.807) is 7.11 Å². The average Bonchev–Trinajstić information content (AvgIpc) is 2.92. The molecule has 3 heteroatoms. The Kier molecular flexibility index (Phi) is 2.36. The van der Waals surface area contributed by atoms with Crippen LogP contribution in [0.1, 0.15) is 12.8 Å². The summed E-state index contributed by atoms with van der Waals surface area (Å²) >= 11 is 1.89. The molecule has 0 atom stereocenters. The Balaban J connectivity index is 2.21. The van der Waals surface area contributed by atoms with Crippen molar-refractivity contribution in [3.63, 3.8) is 0 Å². The van der Waals surface area contributed by atoms with Crippen LogP contribution >= 0.6 is 11.8 Å². The summed E-state index contributed by atoms with van der Waals surface area (Å²) in [4.78, 5) is 1.21. The van der Waals surface area contributed by atoms with Crippen LogP contribution in [0.2, 0.25) is 0 Å². The minimum absolute atomic E-state index is 0.761. The molecule has 0 heterocycles. The highest BCUT2D eigenvalue weighted by atomic mass is 32.2. The molecule has 2 N–H and O–H groups in total. The quantitative estimate of drug-likeness (QED) is 0.753. The Hall–Kier alpha value is -0.830. The summed E-state index contributed by atoms with van der Waals surface area (Å²) < 4.78 is 5.25. The van der Waals surface area contributed by atoms with E-state index < -0.39 is 0 Å². The number of nitrogens with two attached hydrogens (primary N) is 1. The molecule has 70 valence electrons. The fourth-order valence-corrected chi connectivity index (χ4v) is 2.28. The SMILES string of the molecule is COc1cc(N)ccc1SC1CC1. The van der Waals surface area contributed by atoms with E-state index in [1.165, 1.54) is 17.7 Å². The predicted molar refractivity (Wildman–Crippen MR) is 56.3 cm³/mol. The molecule has 1 aliphatic rings. The molecule has 1 aromatic rings. The molecular weight excluding hydrogens is 182 g/mol. The molecule has 0 unspecified atom stereocenters. The zero-order valence-electron chi connectivity index (χ0n) is 7.62. The molecule has 0 bridgehead atoms. The molecule has 1 fully saturated rings. The van der Waals surface area contributed by atoms with E-state index in [0.717, 1.165) is 16.7 Å². The number of methoxy groups -OCH3 is 1. The Morgan fingerprint density at radius 3 is 2.85 bits per heavy atom. The van der Waals surface area contributed by atoms with Gasteiger partial charge in [-0.15, -0.1) is 11.8 Å². The summed E-state index contributed by atoms with van der Waals surface area (Å²) in [7, 11) is 1.69. The zero-order chi connectivity index (χ0) is 9.26. The maximum atomic E-state index is 5.66. The standard InChI is InChI=1S/C10H13NOS/c1-12-9-6-7(11)2-5-10(9)13-8-3-4-8/h2,5-6,8H,3-4,11H2,1H3. The number of hydrogen-bond donors (Lipinski definition) is 1. The third-order valence-corrected chi connectivity index (χ3v) is 3.40. The van der Waals surface area contributed by atoms with Crippen molar-refractivity contribution < 1.29 is 4.74 Å². The van der Waals surface area contributed by atoms with Gasteiger partial charge in [0, 0.05) is 21.9 Å². The minimum Gasteiger partial charge on any atom is -0.496 e. The summed E-state index contributed by atoms with van der Waals surface area (Å²) in [6.45, 7) is 0. The van der Waals surface area contributed by atoms with E-state index in [1.807, 2.05) is 30.0 Å². The third kappa shape index (κ3) is 2.10. The fourth-order valence-electron chi connectivity index (χ4n) is 1.15. The van der Waals surface area contributed by atoms with Gasteiger partial charge in [0.1, 0.15) is 5.75 Å². The third-order valence-electron chi connectivity index (χ3n) is 2.01. The minimum atomic E-state index is 0.761. The largest absolute Gasteiger partial charge is 0.496 e. The number of rotatable bonds is 3. The normalized spacial score (nSPS) is 15.8. The van der Waals surface area contributed by atoms with Crippen LogP contribution in [-0.2, 0) is 0 Å². The molecule has 0 aromatic heterocycles. The Morgan fingerprint density at radius 1 is 1.46 bits per heavy atom. The summed E-state index contributed by atoms with van der Waals surface area (Å²) in [6, 6.07) is 5.84. The fraction of sp³-hybridized carbons (Fsp3) is 0.400. The van der Waals surface area contributed by atoms with Gasteiger partial charge in [0.2, 0.25) is 0 Å². The molecule has 1 aliphatic carbocycles. The van der Waals surface area contributed by atoms with Crippen molar-refractivity contribution in [3.8, 4) is 5.75 Å². The van der Waals surface area contributed by atoms with Crippen LogP contribution in [0.4, 0.5) is 5.69 Å². The highest BCUT2D eigenvalue weighted by Gasteiger charge is 2.23. The monoisotopic (exact) mass is 195 g/mol. The molecule has 0 radical (unpaired) electrons. The van der Waals surface area contributed by atoms with E-state index >= 15 is 0 Å². The number of anilines is 1. The van der Waals surface area contributed by atoms with Gasteiger partial charge in [0.15, 0.2) is 0 Å². The first-order valence-electron chi connectivity index (χ1n) is 4.40. The van der Waals surface area contributed by atoms with Crippen molar-refractivity contribution >= 4 is 17.4 Å². The molecule has 0 saturated heterocycles. The van der Waals surface area contributed by atoms with Gasteiger partial charge in [-0.1, -0.05) is 0 Å². The van der Waals surface area contributed by atoms with Gasteiger partial charge < -0.3 is 10.5 Å². The van der Waals surface area contributed by atoms with Gasteiger partial charge in [0.05, 0.1) is 7.11 Å². The van der Waals surface area contributed by atoms with E-state index in [0.29, 0.717) is 0 Å². The Morgan fingerprint density at radius 2 is 2.23 bits per heavy atom. The molecule has 2 nitrogen and oxygen atoms in total. The number of ether oxygens (including phenoxy) is 1. The number of nitrogen functional groups attached to an aromatic ring is 1. The van der Waals surface area contributed by atoms with Crippen molar-refractivity contribution in [3.05, 3.63) is 18.2 Å². The first kappa shape index (κ1) is 8.75. The van der Waals surface area contributed by atoms with E-state index in [4.69, 9.17) is 10.5 Å². The van der Waals surface area contributed by atoms with Gasteiger partial charge in [-0.2, -0.15) is 0 Å². The lowest BCUT2D eigenvalue weighted by Crippen LogP contribution is -1.90. The summed E-state index contributed by atoms with van der Waals surface area (Å²) in [5, 5.41) is 0.803. The van der Waals surface area contributed by atoms with E-state index in [9.17, 15) is 0 Å². The number of benzene rings is 1. The highest BCUT2D eigenvalue weighted by molar-refractivity contribution is 8.00. The smallest absolute Gasteiger partial charge is 0.134 e. The van der Waals surface area contributed by atoms with Crippen LogP contribution in [-0.4, -0.2) is 12.4 Å². The van der Waals surface area contributed by atoms with Crippen molar-refractivity contribution in [2.45, 2.75) is 23.0 Å². The Labute approximate surface area is 82.5 Å². The van der Waals surface area contributed by atoms with Crippen molar-refractivity contribution in [1.29, 1.82) is 0 Å². The molecule has 0 amide bonds. The van der Waals surface area contributed by atoms with Crippen LogP contribution in [0.3, 0.4) is 0 Å². The van der Waals surface area contributed by atoms with Crippen LogP contribution in [0.5, 0.6) is 5.75 Å². The second-order valence-electron chi connectivity index (χ2n) is 3.23. The van der Waals surface area contributed by atoms with Gasteiger partial charge in [0.25, 0.3) is 0 Å². The predicted octanol–water partition coefficient (Wildman–Crippen LogP) is 2.53. The summed E-state index contributed by atoms with van der Waals surface area (Å²) in [5.74, 6) is 0.900. The van der Waals surface area contributed by atoms with E-state index in [2.05, 4.69) is 0 Å². The lowest BCUT2D eigenvalue weighted by molar-refractivity contribution is 0.405. The van der Waals surface area contributed by atoms with Crippen LogP contribution < -0.4 is 10.5 Å². The van der Waals surface area contributed by atoms with Crippen LogP contribution in [0.25, 0.3) is 0 Å². The lowest BCUT2D eigenvalue weighted by atomic mass is 10.3. The van der Waals surface area contributed by atoms with Gasteiger partial charge in [-0.3, -0.25) is 0 Å². The molecule has 1 saturated carbocycles. The Bertz CT molecular complexity index is 310. The summed E-state index contributed by atoms with van der Waals surface area (Å²) in [6.07, 6.45) is 2.66. The maximum absolute atomic E-state index is 5.66. The number of thioether (sulfide) groups is 1. The molecule has 1 aromatic carbocycles. The van der Waals surface area contributed by atoms with Gasteiger partial charge in [-0.05, 0) is 25.0 Å². The first-order chi connectivity index (χ1) is 6.29. The van der Waals surface area contributed by atoms with Crippen LogP contribution in [0, 0.1) is 0 Å². The summed E-state index contributed by atoms with van der Waals surface area (Å²) in [5.41, 5.74) is 6.42. The molecule has 0 spiro atoms. The molecule has 2 rings (SSSR count). The second-order valence-corrected chi connectivity index (χ2v) is 4.57. The van der Waals surface area contributed by atoms with Crippen molar-refractivity contribution in [2.75, 3.05) is 12.8 Å². The maximum Gasteiger partial charge on any atom is 0.134 e. The molecule has 13 heavy (non-hydrogen) atoms. The van der Waals surface area contributed by atoms with Gasteiger partial charge in [-0.25, -0.2) is 0 Å².